The molecular formula is C24H40N4O3. The van der Waals surface area contributed by atoms with Gasteiger partial charge in [-0.15, -0.1) is 0 Å². The van der Waals surface area contributed by atoms with E-state index in [1.807, 2.05) is 45.0 Å². The van der Waals surface area contributed by atoms with E-state index in [0.717, 1.165) is 56.7 Å². The Balaban J connectivity index is 2.20. The van der Waals surface area contributed by atoms with Crippen molar-refractivity contribution in [1.29, 1.82) is 0 Å². The van der Waals surface area contributed by atoms with E-state index in [0.29, 0.717) is 12.0 Å². The van der Waals surface area contributed by atoms with E-state index in [-0.39, 0.29) is 11.9 Å². The van der Waals surface area contributed by atoms with Crippen molar-refractivity contribution in [3.63, 3.8) is 0 Å². The molecule has 174 valence electrons. The molecule has 0 saturated carbocycles. The van der Waals surface area contributed by atoms with Gasteiger partial charge in [-0.3, -0.25) is 14.6 Å². The fourth-order valence-electron chi connectivity index (χ4n) is 3.01. The van der Waals surface area contributed by atoms with Gasteiger partial charge >= 0.3 is 5.97 Å². The van der Waals surface area contributed by atoms with Crippen LogP contribution in [0.25, 0.3) is 0 Å². The fourth-order valence-corrected chi connectivity index (χ4v) is 3.01. The highest BCUT2D eigenvalue weighted by molar-refractivity contribution is 5.94. The third-order valence-corrected chi connectivity index (χ3v) is 4.53. The first-order valence-electron chi connectivity index (χ1n) is 11.1. The normalized spacial score (nSPS) is 11.7. The van der Waals surface area contributed by atoms with Gasteiger partial charge in [-0.1, -0.05) is 25.0 Å². The maximum absolute atomic E-state index is 12.1. The average molecular weight is 433 g/mol. The van der Waals surface area contributed by atoms with E-state index in [1.165, 1.54) is 0 Å². The third kappa shape index (κ3) is 12.0. The highest BCUT2D eigenvalue weighted by Crippen LogP contribution is 2.11. The molecule has 0 spiro atoms. The summed E-state index contributed by atoms with van der Waals surface area (Å²) >= 11 is 0. The van der Waals surface area contributed by atoms with Gasteiger partial charge in [0.05, 0.1) is 0 Å². The number of rotatable bonds is 11. The van der Waals surface area contributed by atoms with E-state index in [1.54, 1.807) is 26.0 Å². The Hall–Kier alpha value is -2.57. The molecule has 1 aromatic rings. The highest BCUT2D eigenvalue weighted by Gasteiger charge is 2.15. The summed E-state index contributed by atoms with van der Waals surface area (Å²) < 4.78 is 5.32. The van der Waals surface area contributed by atoms with Crippen molar-refractivity contribution in [3.05, 3.63) is 35.4 Å². The van der Waals surface area contributed by atoms with E-state index in [2.05, 4.69) is 15.6 Å². The fraction of sp³-hybridized carbons (Fsp3) is 0.625. The second-order valence-electron chi connectivity index (χ2n) is 8.83. The second kappa shape index (κ2) is 13.7. The quantitative estimate of drug-likeness (QED) is 0.242. The Morgan fingerprint density at radius 2 is 1.71 bits per heavy atom. The van der Waals surface area contributed by atoms with Crippen molar-refractivity contribution < 1.29 is 14.3 Å². The minimum absolute atomic E-state index is 0.0124. The summed E-state index contributed by atoms with van der Waals surface area (Å²) in [5.41, 5.74) is 1.41. The van der Waals surface area contributed by atoms with Gasteiger partial charge in [0.15, 0.2) is 5.96 Å². The van der Waals surface area contributed by atoms with E-state index in [9.17, 15) is 9.59 Å². The molecule has 0 aromatic heterocycles. The first kappa shape index (κ1) is 26.5. The number of benzene rings is 1. The van der Waals surface area contributed by atoms with Gasteiger partial charge < -0.3 is 20.3 Å². The van der Waals surface area contributed by atoms with Crippen LogP contribution in [-0.2, 0) is 16.0 Å². The molecule has 0 atom stereocenters. The zero-order valence-corrected chi connectivity index (χ0v) is 20.1. The number of unbranched alkanes of at least 4 members (excludes halogenated alkanes) is 3. The Kier molecular flexibility index (Phi) is 11.7. The summed E-state index contributed by atoms with van der Waals surface area (Å²) in [6, 6.07) is 7.73. The second-order valence-corrected chi connectivity index (χ2v) is 8.83. The molecule has 0 aliphatic carbocycles. The van der Waals surface area contributed by atoms with Gasteiger partial charge in [0.25, 0.3) is 5.91 Å². The van der Waals surface area contributed by atoms with Crippen molar-refractivity contribution in [2.75, 3.05) is 34.2 Å². The lowest BCUT2D eigenvalue weighted by Crippen LogP contribution is -2.38. The van der Waals surface area contributed by atoms with Crippen LogP contribution in [-0.4, -0.2) is 62.6 Å². The lowest BCUT2D eigenvalue weighted by molar-refractivity contribution is -0.154. The van der Waals surface area contributed by atoms with Crippen molar-refractivity contribution in [2.45, 2.75) is 64.9 Å². The van der Waals surface area contributed by atoms with Crippen LogP contribution in [0.3, 0.4) is 0 Å². The summed E-state index contributed by atoms with van der Waals surface area (Å²) in [5.74, 6) is 0.666. The Morgan fingerprint density at radius 1 is 1.03 bits per heavy atom. The topological polar surface area (TPSA) is 83.0 Å². The summed E-state index contributed by atoms with van der Waals surface area (Å²) in [7, 11) is 5.27. The minimum atomic E-state index is -0.406. The molecule has 0 aliphatic heterocycles. The minimum Gasteiger partial charge on any atom is -0.460 e. The molecule has 7 nitrogen and oxygen atoms in total. The number of nitrogens with one attached hydrogen (secondary N) is 2. The van der Waals surface area contributed by atoms with Crippen LogP contribution in [0.2, 0.25) is 0 Å². The van der Waals surface area contributed by atoms with Gasteiger partial charge in [-0.25, -0.2) is 0 Å². The lowest BCUT2D eigenvalue weighted by atomic mass is 10.1. The van der Waals surface area contributed by atoms with Crippen LogP contribution in [0.4, 0.5) is 0 Å². The Morgan fingerprint density at radius 3 is 2.35 bits per heavy atom. The molecule has 0 saturated heterocycles. The first-order valence-corrected chi connectivity index (χ1v) is 11.1. The van der Waals surface area contributed by atoms with E-state index in [4.69, 9.17) is 4.74 Å². The molecular weight excluding hydrogens is 392 g/mol. The predicted octanol–water partition coefficient (Wildman–Crippen LogP) is 3.39. The van der Waals surface area contributed by atoms with Crippen LogP contribution in [0.15, 0.2) is 29.3 Å². The standard InChI is InChI=1S/C24H40N4O3/c1-24(2,3)31-21(29)14-9-7-8-10-16-26-23(25-4)27-17-15-19-12-11-13-20(18-19)22(30)28(5)6/h11-13,18H,7-10,14-17H2,1-6H3,(H2,25,26,27). The number of carbonyl (C=O) groups excluding carboxylic acids is 2. The summed E-state index contributed by atoms with van der Waals surface area (Å²) in [5, 5.41) is 6.63. The number of carbonyl (C=O) groups is 2. The smallest absolute Gasteiger partial charge is 0.306 e. The number of ether oxygens (including phenoxy) is 1. The van der Waals surface area contributed by atoms with Crippen LogP contribution < -0.4 is 10.6 Å². The summed E-state index contributed by atoms with van der Waals surface area (Å²) in [6.07, 6.45) is 5.23. The Labute approximate surface area is 187 Å². The van der Waals surface area contributed by atoms with Gasteiger partial charge in [-0.2, -0.15) is 0 Å². The van der Waals surface area contributed by atoms with Crippen molar-refractivity contribution in [2.24, 2.45) is 4.99 Å². The van der Waals surface area contributed by atoms with Crippen LogP contribution in [0, 0.1) is 0 Å². The number of hydrogen-bond acceptors (Lipinski definition) is 4. The number of amides is 1. The molecule has 1 rings (SSSR count). The van der Waals surface area contributed by atoms with Crippen molar-refractivity contribution >= 4 is 17.8 Å². The molecule has 1 amide bonds. The molecule has 7 heteroatoms. The SMILES string of the molecule is CN=C(NCCCCCCC(=O)OC(C)(C)C)NCCc1cccc(C(=O)N(C)C)c1. The third-order valence-electron chi connectivity index (χ3n) is 4.53. The zero-order chi connectivity index (χ0) is 23.3. The van der Waals surface area contributed by atoms with Gasteiger partial charge in [-0.05, 0) is 57.7 Å². The maximum atomic E-state index is 12.1. The molecule has 0 aliphatic rings. The van der Waals surface area contributed by atoms with Gasteiger partial charge in [0.2, 0.25) is 0 Å². The number of nitrogens with zero attached hydrogens (tertiary/aromatic N) is 2. The van der Waals surface area contributed by atoms with Gasteiger partial charge in [0, 0.05) is 46.2 Å². The summed E-state index contributed by atoms with van der Waals surface area (Å²) in [4.78, 5) is 29.6. The average Bonchev–Trinajstić information content (AvgIpc) is 2.70. The molecule has 0 bridgehead atoms. The molecule has 0 heterocycles. The molecule has 0 fully saturated rings. The predicted molar refractivity (Wildman–Crippen MR) is 126 cm³/mol. The van der Waals surface area contributed by atoms with Crippen LogP contribution in [0.5, 0.6) is 0 Å². The van der Waals surface area contributed by atoms with Crippen LogP contribution >= 0.6 is 0 Å². The summed E-state index contributed by atoms with van der Waals surface area (Å²) in [6.45, 7) is 7.23. The molecule has 1 aromatic carbocycles. The van der Waals surface area contributed by atoms with Crippen molar-refractivity contribution in [1.82, 2.24) is 15.5 Å². The number of hydrogen-bond donors (Lipinski definition) is 2. The molecule has 0 radical (unpaired) electrons. The largest absolute Gasteiger partial charge is 0.460 e. The molecule has 2 N–H and O–H groups in total. The van der Waals surface area contributed by atoms with Crippen LogP contribution in [0.1, 0.15) is 68.8 Å². The van der Waals surface area contributed by atoms with E-state index < -0.39 is 5.60 Å². The Bertz CT molecular complexity index is 724. The van der Waals surface area contributed by atoms with Gasteiger partial charge in [0.1, 0.15) is 5.60 Å². The van der Waals surface area contributed by atoms with Crippen molar-refractivity contribution in [3.8, 4) is 0 Å². The maximum Gasteiger partial charge on any atom is 0.306 e. The highest BCUT2D eigenvalue weighted by atomic mass is 16.6. The van der Waals surface area contributed by atoms with E-state index >= 15 is 0 Å². The monoisotopic (exact) mass is 432 g/mol. The molecule has 0 unspecified atom stereocenters. The number of guanidine groups is 1. The zero-order valence-electron chi connectivity index (χ0n) is 20.1. The lowest BCUT2D eigenvalue weighted by Gasteiger charge is -2.19. The number of aliphatic imine (C=N–C) groups is 1. The number of esters is 1. The molecule has 31 heavy (non-hydrogen) atoms. The first-order chi connectivity index (χ1) is 14.6.